The molecule has 1 fully saturated rings. The number of ether oxygens (including phenoxy) is 1. The van der Waals surface area contributed by atoms with Crippen LogP contribution in [0.2, 0.25) is 18.1 Å². The highest BCUT2D eigenvalue weighted by Gasteiger charge is 2.46. The first-order valence-electron chi connectivity index (χ1n) is 10.2. The Morgan fingerprint density at radius 1 is 1.17 bits per heavy atom. The summed E-state index contributed by atoms with van der Waals surface area (Å²) in [6, 6.07) is 7.17. The van der Waals surface area contributed by atoms with E-state index in [1.807, 2.05) is 45.0 Å². The molecular formula is C22H36BrNO4Si. The van der Waals surface area contributed by atoms with Crippen molar-refractivity contribution in [1.29, 1.82) is 0 Å². The molecule has 0 radical (unpaired) electrons. The van der Waals surface area contributed by atoms with E-state index in [4.69, 9.17) is 9.16 Å². The second-order valence-electron chi connectivity index (χ2n) is 10.4. The van der Waals surface area contributed by atoms with E-state index in [1.165, 1.54) is 0 Å². The van der Waals surface area contributed by atoms with Crippen LogP contribution < -0.4 is 0 Å². The number of likely N-dealkylation sites (tertiary alicyclic amines) is 1. The van der Waals surface area contributed by atoms with Gasteiger partial charge in [-0.25, -0.2) is 4.79 Å². The summed E-state index contributed by atoms with van der Waals surface area (Å²) in [6.07, 6.45) is -0.731. The van der Waals surface area contributed by atoms with Gasteiger partial charge in [0, 0.05) is 11.0 Å². The third-order valence-electron chi connectivity index (χ3n) is 5.78. The van der Waals surface area contributed by atoms with Gasteiger partial charge in [0.1, 0.15) is 5.60 Å². The molecule has 0 spiro atoms. The Hall–Kier alpha value is -0.893. The lowest BCUT2D eigenvalue weighted by molar-refractivity contribution is 0.00444. The normalized spacial score (nSPS) is 21.9. The summed E-state index contributed by atoms with van der Waals surface area (Å²) >= 11 is 3.43. The van der Waals surface area contributed by atoms with Crippen LogP contribution >= 0.6 is 15.9 Å². The van der Waals surface area contributed by atoms with Crippen molar-refractivity contribution in [3.63, 3.8) is 0 Å². The van der Waals surface area contributed by atoms with Crippen LogP contribution in [0.3, 0.4) is 0 Å². The van der Waals surface area contributed by atoms with Crippen molar-refractivity contribution in [3.8, 4) is 0 Å². The highest BCUT2D eigenvalue weighted by Crippen LogP contribution is 2.40. The molecular weight excluding hydrogens is 450 g/mol. The van der Waals surface area contributed by atoms with Crippen LogP contribution in [-0.4, -0.2) is 48.7 Å². The number of amides is 1. The minimum atomic E-state index is -2.00. The van der Waals surface area contributed by atoms with Gasteiger partial charge >= 0.3 is 6.09 Å². The Labute approximate surface area is 185 Å². The number of halogens is 1. The molecule has 1 N–H and O–H groups in total. The number of carbonyl (C=O) groups is 1. The van der Waals surface area contributed by atoms with Crippen molar-refractivity contribution in [2.75, 3.05) is 6.54 Å². The summed E-state index contributed by atoms with van der Waals surface area (Å²) in [4.78, 5) is 14.6. The number of rotatable bonds is 4. The number of hydrogen-bond acceptors (Lipinski definition) is 4. The molecule has 164 valence electrons. The van der Waals surface area contributed by atoms with E-state index >= 15 is 0 Å². The molecule has 0 bridgehead atoms. The molecule has 0 aliphatic carbocycles. The second-order valence-corrected chi connectivity index (χ2v) is 16.1. The largest absolute Gasteiger partial charge is 0.444 e. The van der Waals surface area contributed by atoms with Crippen LogP contribution in [0, 0.1) is 0 Å². The molecule has 1 aliphatic rings. The smallest absolute Gasteiger partial charge is 0.410 e. The highest BCUT2D eigenvalue weighted by atomic mass is 79.9. The lowest BCUT2D eigenvalue weighted by atomic mass is 10.00. The molecule has 0 aromatic heterocycles. The van der Waals surface area contributed by atoms with Crippen LogP contribution in [0.1, 0.15) is 59.6 Å². The average Bonchev–Trinajstić information content (AvgIpc) is 2.95. The topological polar surface area (TPSA) is 59.0 Å². The zero-order valence-electron chi connectivity index (χ0n) is 19.0. The van der Waals surface area contributed by atoms with Gasteiger partial charge in [-0.1, -0.05) is 48.8 Å². The number of aliphatic hydroxyl groups is 1. The van der Waals surface area contributed by atoms with Crippen molar-refractivity contribution < 1.29 is 19.1 Å². The Kier molecular flexibility index (Phi) is 7.31. The predicted molar refractivity (Wildman–Crippen MR) is 123 cm³/mol. The first-order valence-corrected chi connectivity index (χ1v) is 13.9. The molecule has 0 saturated carbocycles. The van der Waals surface area contributed by atoms with Gasteiger partial charge in [0.2, 0.25) is 0 Å². The molecule has 29 heavy (non-hydrogen) atoms. The second kappa shape index (κ2) is 8.69. The van der Waals surface area contributed by atoms with Gasteiger partial charge in [-0.3, -0.25) is 4.90 Å². The Balaban J connectivity index is 2.26. The quantitative estimate of drug-likeness (QED) is 0.540. The predicted octanol–water partition coefficient (Wildman–Crippen LogP) is 5.88. The third kappa shape index (κ3) is 6.29. The van der Waals surface area contributed by atoms with Crippen LogP contribution in [0.4, 0.5) is 4.79 Å². The SMILES string of the molecule is CC(C)(C)OC(=O)N1C[C@H](O[Si](C)(C)C(C)(C)C)C[C@H]1C(O)c1ccc(Br)cc1. The molecule has 5 nitrogen and oxygen atoms in total. The van der Waals surface area contributed by atoms with Crippen molar-refractivity contribution >= 4 is 30.3 Å². The molecule has 1 unspecified atom stereocenters. The lowest BCUT2D eigenvalue weighted by Gasteiger charge is -2.38. The summed E-state index contributed by atoms with van der Waals surface area (Å²) in [6.45, 7) is 17.0. The number of nitrogens with zero attached hydrogens (tertiary/aromatic N) is 1. The molecule has 1 aliphatic heterocycles. The van der Waals surface area contributed by atoms with E-state index in [1.54, 1.807) is 4.90 Å². The summed E-state index contributed by atoms with van der Waals surface area (Å²) in [7, 11) is -2.00. The average molecular weight is 487 g/mol. The third-order valence-corrected chi connectivity index (χ3v) is 10.8. The Morgan fingerprint density at radius 2 is 1.72 bits per heavy atom. The van der Waals surface area contributed by atoms with Gasteiger partial charge in [0.25, 0.3) is 0 Å². The molecule has 3 atom stereocenters. The van der Waals surface area contributed by atoms with E-state index in [9.17, 15) is 9.90 Å². The first kappa shape index (κ1) is 24.4. The van der Waals surface area contributed by atoms with Gasteiger partial charge in [-0.15, -0.1) is 0 Å². The van der Waals surface area contributed by atoms with Gasteiger partial charge in [-0.2, -0.15) is 0 Å². The van der Waals surface area contributed by atoms with E-state index in [0.29, 0.717) is 13.0 Å². The fourth-order valence-electron chi connectivity index (χ4n) is 3.22. The molecule has 1 amide bonds. The molecule has 1 aromatic rings. The fourth-order valence-corrected chi connectivity index (χ4v) is 4.84. The molecule has 1 aromatic carbocycles. The Bertz CT molecular complexity index is 709. The van der Waals surface area contributed by atoms with Crippen molar-refractivity contribution in [3.05, 3.63) is 34.3 Å². The maximum absolute atomic E-state index is 12.9. The standard InChI is InChI=1S/C22H36BrNO4Si/c1-21(2,3)27-20(26)24-14-17(28-29(7,8)22(4,5)6)13-18(24)19(25)15-9-11-16(23)12-10-15/h9-12,17-19,25H,13-14H2,1-8H3/t17-,18+,19?/m1/s1. The van der Waals surface area contributed by atoms with Crippen molar-refractivity contribution in [2.24, 2.45) is 0 Å². The number of carbonyl (C=O) groups excluding carboxylic acids is 1. The van der Waals surface area contributed by atoms with Gasteiger partial charge in [0.15, 0.2) is 8.32 Å². The molecule has 1 saturated heterocycles. The number of hydrogen-bond donors (Lipinski definition) is 1. The zero-order valence-corrected chi connectivity index (χ0v) is 21.5. The van der Waals surface area contributed by atoms with Crippen LogP contribution in [0.15, 0.2) is 28.7 Å². The monoisotopic (exact) mass is 485 g/mol. The van der Waals surface area contributed by atoms with Crippen LogP contribution in [0.5, 0.6) is 0 Å². The van der Waals surface area contributed by atoms with Gasteiger partial charge in [0.05, 0.1) is 18.2 Å². The van der Waals surface area contributed by atoms with E-state index in [0.717, 1.165) is 10.0 Å². The molecule has 2 rings (SSSR count). The van der Waals surface area contributed by atoms with Crippen molar-refractivity contribution in [2.45, 2.75) is 89.9 Å². The highest BCUT2D eigenvalue weighted by molar-refractivity contribution is 9.10. The van der Waals surface area contributed by atoms with Gasteiger partial charge in [-0.05, 0) is 63.0 Å². The Morgan fingerprint density at radius 3 is 2.21 bits per heavy atom. The maximum atomic E-state index is 12.9. The lowest BCUT2D eigenvalue weighted by Crippen LogP contribution is -2.45. The zero-order chi connectivity index (χ0) is 22.2. The van der Waals surface area contributed by atoms with Crippen LogP contribution in [-0.2, 0) is 9.16 Å². The summed E-state index contributed by atoms with van der Waals surface area (Å²) in [5.41, 5.74) is 0.183. The molecule has 1 heterocycles. The van der Waals surface area contributed by atoms with E-state index < -0.39 is 26.1 Å². The minimum absolute atomic E-state index is 0.0756. The maximum Gasteiger partial charge on any atom is 0.410 e. The summed E-state index contributed by atoms with van der Waals surface area (Å²) in [5, 5.41) is 11.2. The summed E-state index contributed by atoms with van der Waals surface area (Å²) in [5.74, 6) is 0. The first-order chi connectivity index (χ1) is 13.1. The number of benzene rings is 1. The van der Waals surface area contributed by atoms with Gasteiger partial charge < -0.3 is 14.3 Å². The van der Waals surface area contributed by atoms with E-state index in [2.05, 4.69) is 49.8 Å². The van der Waals surface area contributed by atoms with E-state index in [-0.39, 0.29) is 17.2 Å². The number of aliphatic hydroxyl groups excluding tert-OH is 1. The minimum Gasteiger partial charge on any atom is -0.444 e. The van der Waals surface area contributed by atoms with Crippen LogP contribution in [0.25, 0.3) is 0 Å². The van der Waals surface area contributed by atoms with Crippen molar-refractivity contribution in [1.82, 2.24) is 4.90 Å². The molecule has 7 heteroatoms. The fraction of sp³-hybridized carbons (Fsp3) is 0.682. The summed E-state index contributed by atoms with van der Waals surface area (Å²) < 4.78 is 13.2.